The first-order valence-corrected chi connectivity index (χ1v) is 10.4. The van der Waals surface area contributed by atoms with Crippen LogP contribution < -0.4 is 14.8 Å². The molecule has 3 heterocycles. The summed E-state index contributed by atoms with van der Waals surface area (Å²) in [5, 5.41) is 4.88. The van der Waals surface area contributed by atoms with Gasteiger partial charge in [0.25, 0.3) is 0 Å². The molecule has 1 aliphatic heterocycles. The zero-order valence-corrected chi connectivity index (χ0v) is 17.2. The molecular weight excluding hydrogens is 368 g/mol. The van der Waals surface area contributed by atoms with E-state index in [-0.39, 0.29) is 0 Å². The summed E-state index contributed by atoms with van der Waals surface area (Å²) in [6.45, 7) is 8.12. The molecule has 1 fully saturated rings. The average molecular weight is 397 g/mol. The zero-order valence-electron chi connectivity index (χ0n) is 16.3. The molecule has 2 aromatic heterocycles. The fourth-order valence-electron chi connectivity index (χ4n) is 3.86. The Morgan fingerprint density at radius 1 is 1.07 bits per heavy atom. The molecule has 0 atom stereocenters. The van der Waals surface area contributed by atoms with Gasteiger partial charge in [0, 0.05) is 30.8 Å². The van der Waals surface area contributed by atoms with E-state index < -0.39 is 0 Å². The summed E-state index contributed by atoms with van der Waals surface area (Å²) in [7, 11) is 0. The Hall–Kier alpha value is -2.51. The molecule has 28 heavy (non-hydrogen) atoms. The number of hydrogen-bond donors (Lipinski definition) is 1. The van der Waals surface area contributed by atoms with Crippen LogP contribution in [-0.4, -0.2) is 40.5 Å². The van der Waals surface area contributed by atoms with E-state index in [9.17, 15) is 0 Å². The number of aromatic nitrogens is 4. The lowest BCUT2D eigenvalue weighted by Crippen LogP contribution is -3.14. The third-order valence-electron chi connectivity index (χ3n) is 5.43. The van der Waals surface area contributed by atoms with Crippen molar-refractivity contribution < 1.29 is 9.88 Å². The van der Waals surface area contributed by atoms with Crippen LogP contribution in [0.25, 0.3) is 0 Å². The molecule has 0 unspecified atom stereocenters. The van der Waals surface area contributed by atoms with Crippen LogP contribution in [-0.2, 0) is 19.6 Å². The van der Waals surface area contributed by atoms with Gasteiger partial charge in [0.1, 0.15) is 5.82 Å². The monoisotopic (exact) mass is 396 g/mol. The number of benzene rings is 1. The Kier molecular flexibility index (Phi) is 5.83. The van der Waals surface area contributed by atoms with Crippen molar-refractivity contribution >= 4 is 17.9 Å². The maximum atomic E-state index is 5.73. The minimum absolute atomic E-state index is 0.819. The van der Waals surface area contributed by atoms with Crippen molar-refractivity contribution in [3.63, 3.8) is 0 Å². The van der Waals surface area contributed by atoms with Crippen LogP contribution in [0, 0.1) is 4.77 Å². The minimum Gasteiger partial charge on any atom is -0.360 e. The van der Waals surface area contributed by atoms with Crippen LogP contribution >= 0.6 is 12.2 Å². The van der Waals surface area contributed by atoms with E-state index >= 15 is 0 Å². The first-order valence-electron chi connectivity index (χ1n) is 9.99. The number of rotatable bonds is 6. The SMILES string of the molecule is CCn1c(Cc2ccccc2)nn(C[NH+]2CCN(c3cc[nH+]cc3)CC2)c1=S. The minimum atomic E-state index is 0.819. The Morgan fingerprint density at radius 2 is 1.79 bits per heavy atom. The van der Waals surface area contributed by atoms with Crippen molar-refractivity contribution in [1.29, 1.82) is 0 Å². The number of piperazine rings is 1. The predicted molar refractivity (Wildman–Crippen MR) is 112 cm³/mol. The van der Waals surface area contributed by atoms with Crippen LogP contribution in [0.4, 0.5) is 5.69 Å². The molecular formula is C21H28N6S+2. The largest absolute Gasteiger partial charge is 0.360 e. The highest BCUT2D eigenvalue weighted by Crippen LogP contribution is 2.11. The molecule has 0 bridgehead atoms. The van der Waals surface area contributed by atoms with E-state index in [1.807, 2.05) is 23.1 Å². The van der Waals surface area contributed by atoms with Gasteiger partial charge in [-0.15, -0.1) is 0 Å². The van der Waals surface area contributed by atoms with Gasteiger partial charge in [-0.25, -0.2) is 4.98 Å². The molecule has 7 heteroatoms. The quantitative estimate of drug-likeness (QED) is 0.637. The molecule has 3 aromatic rings. The van der Waals surface area contributed by atoms with E-state index in [0.29, 0.717) is 0 Å². The van der Waals surface area contributed by atoms with Gasteiger partial charge in [-0.05, 0) is 24.7 Å². The number of H-pyrrole nitrogens is 1. The molecule has 0 amide bonds. The van der Waals surface area contributed by atoms with Gasteiger partial charge in [-0.1, -0.05) is 30.3 Å². The highest BCUT2D eigenvalue weighted by molar-refractivity contribution is 7.71. The van der Waals surface area contributed by atoms with Crippen molar-refractivity contribution in [2.24, 2.45) is 0 Å². The molecule has 146 valence electrons. The maximum absolute atomic E-state index is 5.73. The Bertz CT molecular complexity index is 942. The summed E-state index contributed by atoms with van der Waals surface area (Å²) in [5.41, 5.74) is 2.56. The Morgan fingerprint density at radius 3 is 2.46 bits per heavy atom. The van der Waals surface area contributed by atoms with Gasteiger partial charge in [0.15, 0.2) is 19.1 Å². The summed E-state index contributed by atoms with van der Waals surface area (Å²) in [5.74, 6) is 1.05. The van der Waals surface area contributed by atoms with Crippen molar-refractivity contribution in [1.82, 2.24) is 14.3 Å². The molecule has 0 spiro atoms. The van der Waals surface area contributed by atoms with E-state index in [0.717, 1.165) is 56.4 Å². The molecule has 0 aliphatic carbocycles. The Balaban J connectivity index is 1.43. The van der Waals surface area contributed by atoms with Gasteiger partial charge in [-0.2, -0.15) is 9.78 Å². The Labute approximate surface area is 171 Å². The second-order valence-electron chi connectivity index (χ2n) is 7.26. The van der Waals surface area contributed by atoms with Crippen LogP contribution in [0.2, 0.25) is 0 Å². The number of hydrogen-bond acceptors (Lipinski definition) is 3. The third kappa shape index (κ3) is 4.15. The average Bonchev–Trinajstić information content (AvgIpc) is 3.04. The molecule has 1 saturated heterocycles. The van der Waals surface area contributed by atoms with Gasteiger partial charge in [0.05, 0.1) is 26.2 Å². The van der Waals surface area contributed by atoms with Gasteiger partial charge >= 0.3 is 0 Å². The predicted octanol–water partition coefficient (Wildman–Crippen LogP) is 1.20. The van der Waals surface area contributed by atoms with Crippen LogP contribution in [0.1, 0.15) is 18.3 Å². The van der Waals surface area contributed by atoms with Gasteiger partial charge < -0.3 is 14.4 Å². The van der Waals surface area contributed by atoms with Crippen molar-refractivity contribution in [2.75, 3.05) is 31.1 Å². The highest BCUT2D eigenvalue weighted by Gasteiger charge is 2.22. The lowest BCUT2D eigenvalue weighted by molar-refractivity contribution is -0.924. The van der Waals surface area contributed by atoms with E-state index in [2.05, 4.69) is 57.8 Å². The molecule has 2 N–H and O–H groups in total. The molecule has 1 aliphatic rings. The molecule has 0 radical (unpaired) electrons. The highest BCUT2D eigenvalue weighted by atomic mass is 32.1. The van der Waals surface area contributed by atoms with E-state index in [1.54, 1.807) is 0 Å². The number of pyridine rings is 1. The number of nitrogens with one attached hydrogen (secondary N) is 2. The standard InChI is InChI=1S/C21H26N6S/c1-2-26-20(16-18-6-4-3-5-7-18)23-27(21(26)28)17-24-12-14-25(15-13-24)19-8-10-22-11-9-19/h3-11H,2,12-17H2,1H3/p+2. The van der Waals surface area contributed by atoms with Crippen LogP contribution in [0.3, 0.4) is 0 Å². The van der Waals surface area contributed by atoms with Crippen LogP contribution in [0.15, 0.2) is 54.9 Å². The van der Waals surface area contributed by atoms with Crippen molar-refractivity contribution in [3.05, 3.63) is 71.0 Å². The number of anilines is 1. The second kappa shape index (κ2) is 8.67. The lowest BCUT2D eigenvalue weighted by atomic mass is 10.1. The second-order valence-corrected chi connectivity index (χ2v) is 7.62. The summed E-state index contributed by atoms with van der Waals surface area (Å²) < 4.78 is 5.03. The first-order chi connectivity index (χ1) is 13.7. The van der Waals surface area contributed by atoms with Crippen molar-refractivity contribution in [3.8, 4) is 0 Å². The van der Waals surface area contributed by atoms with Gasteiger partial charge in [0.2, 0.25) is 4.77 Å². The summed E-state index contributed by atoms with van der Waals surface area (Å²) in [4.78, 5) is 7.07. The fraction of sp³-hybridized carbons (Fsp3) is 0.381. The topological polar surface area (TPSA) is 44.6 Å². The number of quaternary nitrogens is 1. The molecule has 1 aromatic carbocycles. The first kappa shape index (κ1) is 18.8. The van der Waals surface area contributed by atoms with Crippen LogP contribution in [0.5, 0.6) is 0 Å². The lowest BCUT2D eigenvalue weighted by Gasteiger charge is -2.33. The fourth-order valence-corrected chi connectivity index (χ4v) is 4.20. The molecule has 0 saturated carbocycles. The summed E-state index contributed by atoms with van der Waals surface area (Å²) >= 11 is 5.73. The van der Waals surface area contributed by atoms with E-state index in [4.69, 9.17) is 17.3 Å². The zero-order chi connectivity index (χ0) is 19.3. The third-order valence-corrected chi connectivity index (χ3v) is 5.86. The summed E-state index contributed by atoms with van der Waals surface area (Å²) in [6, 6.07) is 14.8. The number of nitrogens with zero attached hydrogens (tertiary/aromatic N) is 4. The summed E-state index contributed by atoms with van der Waals surface area (Å²) in [6.07, 6.45) is 4.79. The maximum Gasteiger partial charge on any atom is 0.202 e. The molecule has 4 rings (SSSR count). The van der Waals surface area contributed by atoms with Crippen molar-refractivity contribution in [2.45, 2.75) is 26.6 Å². The smallest absolute Gasteiger partial charge is 0.202 e. The normalized spacial score (nSPS) is 15.1. The molecule has 6 nitrogen and oxygen atoms in total. The van der Waals surface area contributed by atoms with E-state index in [1.165, 1.54) is 16.2 Å². The van der Waals surface area contributed by atoms with Gasteiger partial charge in [-0.3, -0.25) is 0 Å². The number of aromatic amines is 1.